The average molecular weight is 392 g/mol. The van der Waals surface area contributed by atoms with E-state index in [4.69, 9.17) is 9.84 Å². The Labute approximate surface area is 171 Å². The van der Waals surface area contributed by atoms with E-state index in [0.717, 1.165) is 53.1 Å². The second-order valence-corrected chi connectivity index (χ2v) is 7.85. The van der Waals surface area contributed by atoms with Crippen LogP contribution < -0.4 is 4.74 Å². The van der Waals surface area contributed by atoms with Crippen LogP contribution in [0.3, 0.4) is 0 Å². The lowest BCUT2D eigenvalue weighted by Crippen LogP contribution is -2.42. The summed E-state index contributed by atoms with van der Waals surface area (Å²) in [5.74, 6) is 0.819. The standard InChI is InChI=1S/C24H28N2O3/c1-18-6-7-19-16-21(8-9-22(19)25-18)24(28)10-12-26(13-11-24)17-20-4-2-3-5-23(20)29-15-14-27/h2-9,16,27-28H,10-15,17H2,1H3. The summed E-state index contributed by atoms with van der Waals surface area (Å²) in [7, 11) is 0. The fraction of sp³-hybridized carbons (Fsp3) is 0.375. The lowest BCUT2D eigenvalue weighted by Gasteiger charge is -2.38. The number of likely N-dealkylation sites (tertiary alicyclic amines) is 1. The van der Waals surface area contributed by atoms with Gasteiger partial charge in [0.1, 0.15) is 12.4 Å². The molecular weight excluding hydrogens is 364 g/mol. The molecule has 0 spiro atoms. The number of rotatable bonds is 6. The zero-order chi connectivity index (χ0) is 20.3. The molecule has 0 bridgehead atoms. The number of ether oxygens (including phenoxy) is 1. The molecule has 0 aliphatic carbocycles. The van der Waals surface area contributed by atoms with Gasteiger partial charge in [-0.1, -0.05) is 30.3 Å². The third kappa shape index (κ3) is 4.42. The van der Waals surface area contributed by atoms with Crippen LogP contribution in [0.25, 0.3) is 10.9 Å². The van der Waals surface area contributed by atoms with E-state index < -0.39 is 5.60 Å². The maximum atomic E-state index is 11.3. The molecule has 2 heterocycles. The van der Waals surface area contributed by atoms with Gasteiger partial charge in [0.15, 0.2) is 0 Å². The van der Waals surface area contributed by atoms with Gasteiger partial charge in [-0.05, 0) is 49.6 Å². The minimum Gasteiger partial charge on any atom is -0.491 e. The van der Waals surface area contributed by atoms with Crippen LogP contribution in [0.4, 0.5) is 0 Å². The van der Waals surface area contributed by atoms with E-state index in [1.54, 1.807) is 0 Å². The summed E-state index contributed by atoms with van der Waals surface area (Å²) in [5.41, 5.74) is 3.25. The van der Waals surface area contributed by atoms with Crippen molar-refractivity contribution in [3.05, 3.63) is 71.4 Å². The first-order chi connectivity index (χ1) is 14.1. The normalized spacial score (nSPS) is 16.8. The second kappa shape index (κ2) is 8.49. The number of aromatic nitrogens is 1. The van der Waals surface area contributed by atoms with Gasteiger partial charge in [-0.15, -0.1) is 0 Å². The molecule has 0 atom stereocenters. The van der Waals surface area contributed by atoms with Crippen LogP contribution in [0.15, 0.2) is 54.6 Å². The molecule has 4 rings (SSSR count). The number of aryl methyl sites for hydroxylation is 1. The highest BCUT2D eigenvalue weighted by Gasteiger charge is 2.34. The number of hydrogen-bond donors (Lipinski definition) is 2. The predicted octanol–water partition coefficient (Wildman–Crippen LogP) is 3.40. The van der Waals surface area contributed by atoms with E-state index in [0.29, 0.717) is 19.4 Å². The van der Waals surface area contributed by atoms with Crippen molar-refractivity contribution in [1.82, 2.24) is 9.88 Å². The summed E-state index contributed by atoms with van der Waals surface area (Å²) in [6.45, 7) is 4.70. The summed E-state index contributed by atoms with van der Waals surface area (Å²) < 4.78 is 5.66. The number of fused-ring (bicyclic) bond motifs is 1. The molecule has 1 aromatic heterocycles. The molecule has 0 amide bonds. The Morgan fingerprint density at radius 3 is 2.66 bits per heavy atom. The molecule has 3 aromatic rings. The van der Waals surface area contributed by atoms with E-state index in [9.17, 15) is 5.11 Å². The molecular formula is C24H28N2O3. The second-order valence-electron chi connectivity index (χ2n) is 7.85. The quantitative estimate of drug-likeness (QED) is 0.673. The highest BCUT2D eigenvalue weighted by Crippen LogP contribution is 2.35. The molecule has 152 valence electrons. The van der Waals surface area contributed by atoms with Gasteiger partial charge in [0.25, 0.3) is 0 Å². The van der Waals surface area contributed by atoms with Gasteiger partial charge in [-0.25, -0.2) is 0 Å². The van der Waals surface area contributed by atoms with Crippen molar-refractivity contribution in [2.24, 2.45) is 0 Å². The number of benzene rings is 2. The molecule has 5 heteroatoms. The van der Waals surface area contributed by atoms with Gasteiger partial charge in [0.2, 0.25) is 0 Å². The van der Waals surface area contributed by atoms with Crippen LogP contribution in [-0.4, -0.2) is 46.4 Å². The topological polar surface area (TPSA) is 65.8 Å². The minimum atomic E-state index is -0.803. The van der Waals surface area contributed by atoms with Crippen molar-refractivity contribution >= 4 is 10.9 Å². The number of para-hydroxylation sites is 1. The highest BCUT2D eigenvalue weighted by atomic mass is 16.5. The smallest absolute Gasteiger partial charge is 0.123 e. The first-order valence-electron chi connectivity index (χ1n) is 10.2. The van der Waals surface area contributed by atoms with E-state index in [1.165, 1.54) is 0 Å². The fourth-order valence-corrected chi connectivity index (χ4v) is 4.06. The lowest BCUT2D eigenvalue weighted by molar-refractivity contribution is -0.0277. The maximum Gasteiger partial charge on any atom is 0.123 e. The molecule has 1 aliphatic heterocycles. The minimum absolute atomic E-state index is 0.00588. The third-order valence-corrected chi connectivity index (χ3v) is 5.76. The van der Waals surface area contributed by atoms with E-state index in [2.05, 4.69) is 28.1 Å². The summed E-state index contributed by atoms with van der Waals surface area (Å²) in [4.78, 5) is 6.90. The largest absolute Gasteiger partial charge is 0.491 e. The van der Waals surface area contributed by atoms with E-state index in [1.807, 2.05) is 43.3 Å². The van der Waals surface area contributed by atoms with Crippen molar-refractivity contribution in [3.8, 4) is 5.75 Å². The van der Waals surface area contributed by atoms with Crippen LogP contribution in [0.5, 0.6) is 5.75 Å². The number of hydrogen-bond acceptors (Lipinski definition) is 5. The van der Waals surface area contributed by atoms with Crippen molar-refractivity contribution in [2.75, 3.05) is 26.3 Å². The van der Waals surface area contributed by atoms with Crippen LogP contribution in [0.2, 0.25) is 0 Å². The fourth-order valence-electron chi connectivity index (χ4n) is 4.06. The molecule has 0 unspecified atom stereocenters. The third-order valence-electron chi connectivity index (χ3n) is 5.76. The number of pyridine rings is 1. The predicted molar refractivity (Wildman–Crippen MR) is 114 cm³/mol. The van der Waals surface area contributed by atoms with Gasteiger partial charge in [0.05, 0.1) is 17.7 Å². The van der Waals surface area contributed by atoms with Crippen LogP contribution >= 0.6 is 0 Å². The molecule has 2 N–H and O–H groups in total. The summed E-state index contributed by atoms with van der Waals surface area (Å²) >= 11 is 0. The molecule has 0 saturated carbocycles. The monoisotopic (exact) mass is 392 g/mol. The van der Waals surface area contributed by atoms with Crippen molar-refractivity contribution in [1.29, 1.82) is 0 Å². The Morgan fingerprint density at radius 2 is 1.86 bits per heavy atom. The first-order valence-corrected chi connectivity index (χ1v) is 10.2. The zero-order valence-corrected chi connectivity index (χ0v) is 16.8. The Morgan fingerprint density at radius 1 is 1.07 bits per heavy atom. The van der Waals surface area contributed by atoms with E-state index >= 15 is 0 Å². The molecule has 5 nitrogen and oxygen atoms in total. The van der Waals surface area contributed by atoms with Crippen LogP contribution in [-0.2, 0) is 12.1 Å². The van der Waals surface area contributed by atoms with E-state index in [-0.39, 0.29) is 6.61 Å². The Balaban J connectivity index is 1.44. The van der Waals surface area contributed by atoms with Gasteiger partial charge in [0, 0.05) is 36.3 Å². The number of piperidine rings is 1. The SMILES string of the molecule is Cc1ccc2cc(C3(O)CCN(Cc4ccccc4OCCO)CC3)ccc2n1. The number of aliphatic hydroxyl groups excluding tert-OH is 1. The maximum absolute atomic E-state index is 11.3. The summed E-state index contributed by atoms with van der Waals surface area (Å²) in [6, 6.07) is 18.1. The van der Waals surface area contributed by atoms with Crippen LogP contribution in [0, 0.1) is 6.92 Å². The Kier molecular flexibility index (Phi) is 5.81. The Bertz CT molecular complexity index is 981. The molecule has 1 aliphatic rings. The Hall–Kier alpha value is -2.47. The lowest BCUT2D eigenvalue weighted by atomic mass is 9.83. The van der Waals surface area contributed by atoms with Gasteiger partial charge >= 0.3 is 0 Å². The van der Waals surface area contributed by atoms with Crippen molar-refractivity contribution in [2.45, 2.75) is 31.9 Å². The highest BCUT2D eigenvalue weighted by molar-refractivity contribution is 5.79. The van der Waals surface area contributed by atoms with Crippen molar-refractivity contribution in [3.63, 3.8) is 0 Å². The molecule has 29 heavy (non-hydrogen) atoms. The molecule has 1 fully saturated rings. The van der Waals surface area contributed by atoms with Gasteiger partial charge < -0.3 is 14.9 Å². The molecule has 1 saturated heterocycles. The molecule has 0 radical (unpaired) electrons. The summed E-state index contributed by atoms with van der Waals surface area (Å²) in [5, 5.41) is 21.4. The average Bonchev–Trinajstić information content (AvgIpc) is 2.74. The number of aliphatic hydroxyl groups is 2. The van der Waals surface area contributed by atoms with Gasteiger partial charge in [-0.3, -0.25) is 9.88 Å². The van der Waals surface area contributed by atoms with Crippen LogP contribution in [0.1, 0.15) is 29.7 Å². The first kappa shape index (κ1) is 19.8. The molecule has 2 aromatic carbocycles. The number of nitrogens with zero attached hydrogens (tertiary/aromatic N) is 2. The van der Waals surface area contributed by atoms with Gasteiger partial charge in [-0.2, -0.15) is 0 Å². The summed E-state index contributed by atoms with van der Waals surface area (Å²) in [6.07, 6.45) is 1.38. The van der Waals surface area contributed by atoms with Crippen molar-refractivity contribution < 1.29 is 14.9 Å². The zero-order valence-electron chi connectivity index (χ0n) is 16.8.